The molecule has 3 aromatic rings. The zero-order valence-electron chi connectivity index (χ0n) is 15.9. The van der Waals surface area contributed by atoms with Crippen molar-refractivity contribution in [3.05, 3.63) is 72.9 Å². The molecule has 0 radical (unpaired) electrons. The van der Waals surface area contributed by atoms with Gasteiger partial charge in [-0.1, -0.05) is 24.3 Å². The van der Waals surface area contributed by atoms with Crippen LogP contribution in [0.15, 0.2) is 42.5 Å². The van der Waals surface area contributed by atoms with Gasteiger partial charge in [0.05, 0.1) is 12.8 Å². The molecule has 0 spiro atoms. The molecule has 1 aromatic heterocycles. The number of ether oxygens (including phenoxy) is 1. The summed E-state index contributed by atoms with van der Waals surface area (Å²) in [6, 6.07) is 16.1. The number of nitrogens with one attached hydrogen (secondary N) is 1. The number of amides is 1. The number of rotatable bonds is 5. The third kappa shape index (κ3) is 5.21. The standard InChI is InChI=1S/C19H19N4O2.CH3.U/c1-4-14-7-5-8-15(11-14)20-19(24)18-13(2)23(22-21-18)16-9-6-10-17(12-16)25-3;;/h5-8,10-12H,4H2,1-3H3,(H,20,24);1H3;/q2*-1;+2. The fourth-order valence-corrected chi connectivity index (χ4v) is 2.51. The van der Waals surface area contributed by atoms with Crippen molar-refractivity contribution in [1.82, 2.24) is 15.0 Å². The molecule has 0 saturated carbocycles. The molecule has 1 N–H and O–H groups in total. The summed E-state index contributed by atoms with van der Waals surface area (Å²) in [5, 5.41) is 11.0. The Morgan fingerprint density at radius 3 is 2.78 bits per heavy atom. The van der Waals surface area contributed by atoms with E-state index in [1.165, 1.54) is 0 Å². The number of benzene rings is 2. The second-order valence-electron chi connectivity index (χ2n) is 5.56. The number of nitrogens with zero attached hydrogens (tertiary/aromatic N) is 3. The summed E-state index contributed by atoms with van der Waals surface area (Å²) in [7, 11) is 1.59. The minimum Gasteiger partial charge on any atom is -0.522 e. The van der Waals surface area contributed by atoms with Gasteiger partial charge in [-0.25, -0.2) is 4.68 Å². The van der Waals surface area contributed by atoms with Crippen molar-refractivity contribution in [3.8, 4) is 11.4 Å². The number of hydrogen-bond acceptors (Lipinski definition) is 4. The van der Waals surface area contributed by atoms with E-state index in [1.54, 1.807) is 36.9 Å². The second kappa shape index (κ2) is 10.3. The zero-order chi connectivity index (χ0) is 17.8. The first-order valence-electron chi connectivity index (χ1n) is 8.01. The number of carbonyl (C=O) groups excluding carboxylic acids is 1. The van der Waals surface area contributed by atoms with Crippen molar-refractivity contribution >= 4 is 11.6 Å². The van der Waals surface area contributed by atoms with Gasteiger partial charge >= 0.3 is 31.1 Å². The Morgan fingerprint density at radius 1 is 1.30 bits per heavy atom. The van der Waals surface area contributed by atoms with Gasteiger partial charge in [0.1, 0.15) is 0 Å². The van der Waals surface area contributed by atoms with Gasteiger partial charge in [-0.3, -0.25) is 4.79 Å². The van der Waals surface area contributed by atoms with Crippen LogP contribution in [0.5, 0.6) is 5.75 Å². The van der Waals surface area contributed by atoms with Gasteiger partial charge in [0.15, 0.2) is 5.69 Å². The molecule has 1 heterocycles. The normalized spacial score (nSPS) is 9.74. The van der Waals surface area contributed by atoms with Gasteiger partial charge in [-0.15, -0.1) is 17.2 Å². The maximum Gasteiger partial charge on any atom is 2.00 e. The van der Waals surface area contributed by atoms with E-state index in [1.807, 2.05) is 24.3 Å². The molecule has 3 rings (SSSR count). The van der Waals surface area contributed by atoms with Crippen molar-refractivity contribution in [1.29, 1.82) is 0 Å². The van der Waals surface area contributed by atoms with E-state index in [0.717, 1.165) is 17.7 Å². The minimum atomic E-state index is -0.292. The van der Waals surface area contributed by atoms with E-state index in [2.05, 4.69) is 28.6 Å². The largest absolute Gasteiger partial charge is 2.00 e. The van der Waals surface area contributed by atoms with E-state index in [9.17, 15) is 4.79 Å². The maximum atomic E-state index is 12.5. The average molecular weight is 588 g/mol. The molecule has 0 saturated heterocycles. The Hall–Kier alpha value is -2.10. The Morgan fingerprint density at radius 2 is 2.07 bits per heavy atom. The molecular weight excluding hydrogens is 566 g/mol. The molecule has 0 aliphatic carbocycles. The number of aryl methyl sites for hydroxylation is 1. The van der Waals surface area contributed by atoms with Gasteiger partial charge in [0.2, 0.25) is 0 Å². The van der Waals surface area contributed by atoms with Gasteiger partial charge in [-0.2, -0.15) is 12.1 Å². The summed E-state index contributed by atoms with van der Waals surface area (Å²) < 4.78 is 6.78. The first kappa shape index (κ1) is 22.9. The number of methoxy groups -OCH3 is 1. The van der Waals surface area contributed by atoms with Crippen molar-refractivity contribution < 1.29 is 40.6 Å². The van der Waals surface area contributed by atoms with Crippen LogP contribution >= 0.6 is 0 Å². The summed E-state index contributed by atoms with van der Waals surface area (Å²) in [5.74, 6) is 0.394. The monoisotopic (exact) mass is 588 g/mol. The Balaban J connectivity index is 0.00000182. The zero-order valence-corrected chi connectivity index (χ0v) is 20.1. The molecule has 0 aliphatic rings. The van der Waals surface area contributed by atoms with Crippen molar-refractivity contribution in [2.75, 3.05) is 12.4 Å². The van der Waals surface area contributed by atoms with Gasteiger partial charge < -0.3 is 17.5 Å². The summed E-state index contributed by atoms with van der Waals surface area (Å²) in [5.41, 5.74) is 3.47. The third-order valence-electron chi connectivity index (χ3n) is 3.92. The molecule has 2 aromatic carbocycles. The van der Waals surface area contributed by atoms with Crippen LogP contribution < -0.4 is 10.1 Å². The van der Waals surface area contributed by atoms with E-state index in [0.29, 0.717) is 17.1 Å². The SMILES string of the molecule is CCc1cccc(NC(=O)c2nnn(-c3[c-]ccc(OC)c3)c2C)c1.[CH3-].[U+2]. The number of anilines is 1. The predicted octanol–water partition coefficient (Wildman–Crippen LogP) is 3.65. The molecule has 0 fully saturated rings. The molecular formula is C20H22N4O2U. The second-order valence-corrected chi connectivity index (χ2v) is 5.56. The van der Waals surface area contributed by atoms with Gasteiger partial charge in [0.25, 0.3) is 5.91 Å². The van der Waals surface area contributed by atoms with Gasteiger partial charge in [0, 0.05) is 11.4 Å². The molecule has 27 heavy (non-hydrogen) atoms. The van der Waals surface area contributed by atoms with Crippen molar-refractivity contribution in [2.45, 2.75) is 20.3 Å². The van der Waals surface area contributed by atoms with Gasteiger partial charge in [-0.05, 0) is 36.7 Å². The fourth-order valence-electron chi connectivity index (χ4n) is 2.51. The van der Waals surface area contributed by atoms with Crippen LogP contribution in [0.25, 0.3) is 5.69 Å². The Kier molecular flexibility index (Phi) is 8.74. The van der Waals surface area contributed by atoms with Crippen LogP contribution in [0, 0.1) is 51.5 Å². The molecule has 138 valence electrons. The van der Waals surface area contributed by atoms with Crippen LogP contribution in [0.3, 0.4) is 0 Å². The molecule has 7 heteroatoms. The van der Waals surface area contributed by atoms with Crippen molar-refractivity contribution in [3.63, 3.8) is 0 Å². The van der Waals surface area contributed by atoms with Crippen LogP contribution in [0.1, 0.15) is 28.7 Å². The van der Waals surface area contributed by atoms with E-state index < -0.39 is 0 Å². The molecule has 0 aliphatic heterocycles. The quantitative estimate of drug-likeness (QED) is 0.463. The van der Waals surface area contributed by atoms with Crippen LogP contribution in [-0.4, -0.2) is 28.0 Å². The Bertz CT molecular complexity index is 909. The van der Waals surface area contributed by atoms with E-state index in [4.69, 9.17) is 4.74 Å². The van der Waals surface area contributed by atoms with Crippen LogP contribution in [0.4, 0.5) is 5.69 Å². The van der Waals surface area contributed by atoms with E-state index in [-0.39, 0.29) is 50.1 Å². The summed E-state index contributed by atoms with van der Waals surface area (Å²) in [6.07, 6.45) is 0.907. The first-order valence-corrected chi connectivity index (χ1v) is 8.01. The molecule has 0 atom stereocenters. The molecule has 6 nitrogen and oxygen atoms in total. The summed E-state index contributed by atoms with van der Waals surface area (Å²) >= 11 is 0. The summed E-state index contributed by atoms with van der Waals surface area (Å²) in [4.78, 5) is 12.5. The Labute approximate surface area is 183 Å². The number of aromatic nitrogens is 3. The van der Waals surface area contributed by atoms with Crippen LogP contribution in [-0.2, 0) is 6.42 Å². The topological polar surface area (TPSA) is 69.0 Å². The first-order chi connectivity index (χ1) is 12.1. The van der Waals surface area contributed by atoms with Crippen molar-refractivity contribution in [2.24, 2.45) is 0 Å². The van der Waals surface area contributed by atoms with E-state index >= 15 is 0 Å². The minimum absolute atomic E-state index is 0. The molecule has 0 unspecified atom stereocenters. The third-order valence-corrected chi connectivity index (χ3v) is 3.92. The predicted molar refractivity (Wildman–Crippen MR) is 102 cm³/mol. The van der Waals surface area contributed by atoms with Crippen LogP contribution in [0.2, 0.25) is 0 Å². The maximum absolute atomic E-state index is 12.5. The number of hydrogen-bond donors (Lipinski definition) is 1. The average Bonchev–Trinajstić information content (AvgIpc) is 3.03. The fraction of sp³-hybridized carbons (Fsp3) is 0.200. The molecule has 0 bridgehead atoms. The smallest absolute Gasteiger partial charge is 0.522 e. The number of carbonyl (C=O) groups is 1. The summed E-state index contributed by atoms with van der Waals surface area (Å²) in [6.45, 7) is 3.87. The molecule has 1 amide bonds.